The first-order valence-corrected chi connectivity index (χ1v) is 13.7. The minimum absolute atomic E-state index is 0.0326. The van der Waals surface area contributed by atoms with Crippen LogP contribution in [0.5, 0.6) is 0 Å². The van der Waals surface area contributed by atoms with Crippen LogP contribution in [0.25, 0.3) is 10.9 Å². The Morgan fingerprint density at radius 2 is 1.92 bits per heavy atom. The van der Waals surface area contributed by atoms with E-state index in [1.165, 1.54) is 42.3 Å². The highest BCUT2D eigenvalue weighted by Gasteiger charge is 2.33. The zero-order valence-corrected chi connectivity index (χ0v) is 22.1. The molecule has 2 fully saturated rings. The Balaban J connectivity index is 1.26. The monoisotopic (exact) mass is 515 g/mol. The maximum absolute atomic E-state index is 13.6. The van der Waals surface area contributed by atoms with Crippen LogP contribution in [0.15, 0.2) is 57.7 Å². The van der Waals surface area contributed by atoms with Gasteiger partial charge in [0.25, 0.3) is 0 Å². The number of anilines is 1. The average molecular weight is 516 g/mol. The quantitative estimate of drug-likeness (QED) is 0.427. The lowest BCUT2D eigenvalue weighted by molar-refractivity contribution is -0.134. The number of aliphatic imine (C=N–C) groups is 1. The minimum Gasteiger partial charge on any atom is -0.368 e. The average Bonchev–Trinajstić information content (AvgIpc) is 3.46. The van der Waals surface area contributed by atoms with Gasteiger partial charge in [-0.3, -0.25) is 9.48 Å². The first kappa shape index (κ1) is 24.7. The summed E-state index contributed by atoms with van der Waals surface area (Å²) in [7, 11) is 0. The number of amidine groups is 1. The van der Waals surface area contributed by atoms with Gasteiger partial charge in [-0.25, -0.2) is 9.38 Å². The molecular formula is C29H34FN7O. The molecule has 9 heteroatoms. The molecule has 2 aliphatic heterocycles. The van der Waals surface area contributed by atoms with Crippen molar-refractivity contribution in [1.29, 1.82) is 0 Å². The SMILES string of the molecule is CCc1nn(C2CCC2)c2cc(N3CCN(C(=O)CC4N=NC(C)=N4)[C@@H](Cc4ccc(F)cc4)C3)ccc12. The van der Waals surface area contributed by atoms with Gasteiger partial charge < -0.3 is 9.80 Å². The van der Waals surface area contributed by atoms with E-state index in [9.17, 15) is 9.18 Å². The van der Waals surface area contributed by atoms with Gasteiger partial charge in [0.1, 0.15) is 11.7 Å². The van der Waals surface area contributed by atoms with Gasteiger partial charge in [-0.1, -0.05) is 19.1 Å². The summed E-state index contributed by atoms with van der Waals surface area (Å²) in [5.41, 5.74) is 4.53. The van der Waals surface area contributed by atoms with E-state index in [0.29, 0.717) is 31.4 Å². The van der Waals surface area contributed by atoms with E-state index in [2.05, 4.69) is 49.9 Å². The zero-order chi connectivity index (χ0) is 26.2. The number of nitrogens with zero attached hydrogens (tertiary/aromatic N) is 7. The van der Waals surface area contributed by atoms with Crippen LogP contribution in [0.4, 0.5) is 10.1 Å². The number of benzene rings is 2. The lowest BCUT2D eigenvalue weighted by Crippen LogP contribution is -2.56. The fraction of sp³-hybridized carbons (Fsp3) is 0.483. The molecule has 1 aromatic heterocycles. The second-order valence-electron chi connectivity index (χ2n) is 10.6. The fourth-order valence-corrected chi connectivity index (χ4v) is 5.82. The third-order valence-electron chi connectivity index (χ3n) is 8.10. The number of hydrogen-bond acceptors (Lipinski definition) is 6. The number of hydrogen-bond donors (Lipinski definition) is 0. The molecule has 0 bridgehead atoms. The van der Waals surface area contributed by atoms with E-state index in [-0.39, 0.29) is 24.2 Å². The largest absolute Gasteiger partial charge is 0.368 e. The normalized spacial score (nSPS) is 21.7. The summed E-state index contributed by atoms with van der Waals surface area (Å²) in [4.78, 5) is 22.1. The summed E-state index contributed by atoms with van der Waals surface area (Å²) in [5.74, 6) is 0.387. The molecule has 1 saturated carbocycles. The molecule has 1 aliphatic carbocycles. The van der Waals surface area contributed by atoms with E-state index in [1.807, 2.05) is 17.0 Å². The van der Waals surface area contributed by atoms with Gasteiger partial charge in [0.2, 0.25) is 5.91 Å². The first-order valence-electron chi connectivity index (χ1n) is 13.7. The smallest absolute Gasteiger partial charge is 0.227 e. The second-order valence-corrected chi connectivity index (χ2v) is 10.6. The Hall–Kier alpha value is -3.62. The molecule has 3 heterocycles. The highest BCUT2D eigenvalue weighted by molar-refractivity contribution is 5.86. The summed E-state index contributed by atoms with van der Waals surface area (Å²) in [6.45, 7) is 6.00. The Morgan fingerprint density at radius 3 is 2.61 bits per heavy atom. The molecule has 2 atom stereocenters. The number of halogens is 1. The third-order valence-corrected chi connectivity index (χ3v) is 8.10. The molecule has 1 unspecified atom stereocenters. The van der Waals surface area contributed by atoms with E-state index < -0.39 is 6.17 Å². The van der Waals surface area contributed by atoms with E-state index in [4.69, 9.17) is 5.10 Å². The summed E-state index contributed by atoms with van der Waals surface area (Å²) < 4.78 is 15.8. The Morgan fingerprint density at radius 1 is 1.11 bits per heavy atom. The number of carbonyl (C=O) groups is 1. The van der Waals surface area contributed by atoms with E-state index >= 15 is 0 Å². The van der Waals surface area contributed by atoms with Crippen molar-refractivity contribution < 1.29 is 9.18 Å². The van der Waals surface area contributed by atoms with Crippen molar-refractivity contribution >= 4 is 28.3 Å². The molecule has 1 amide bonds. The van der Waals surface area contributed by atoms with Crippen LogP contribution in [-0.2, 0) is 17.6 Å². The van der Waals surface area contributed by atoms with Gasteiger partial charge in [0, 0.05) is 30.7 Å². The van der Waals surface area contributed by atoms with Gasteiger partial charge in [-0.2, -0.15) is 10.2 Å². The Kier molecular flexibility index (Phi) is 6.68. The van der Waals surface area contributed by atoms with Crippen molar-refractivity contribution in [3.8, 4) is 0 Å². The lowest BCUT2D eigenvalue weighted by Gasteiger charge is -2.43. The van der Waals surface area contributed by atoms with Crippen LogP contribution < -0.4 is 4.90 Å². The van der Waals surface area contributed by atoms with Gasteiger partial charge in [0.15, 0.2) is 6.17 Å². The Bertz CT molecular complexity index is 1390. The van der Waals surface area contributed by atoms with Crippen LogP contribution in [0.1, 0.15) is 56.8 Å². The predicted molar refractivity (Wildman–Crippen MR) is 146 cm³/mol. The lowest BCUT2D eigenvalue weighted by atomic mass is 9.93. The van der Waals surface area contributed by atoms with Crippen molar-refractivity contribution in [2.24, 2.45) is 15.2 Å². The molecule has 0 radical (unpaired) electrons. The molecule has 38 heavy (non-hydrogen) atoms. The molecular weight excluding hydrogens is 481 g/mol. The number of carbonyl (C=O) groups excluding carboxylic acids is 1. The molecule has 0 spiro atoms. The van der Waals surface area contributed by atoms with Gasteiger partial charge in [-0.05, 0) is 74.9 Å². The van der Waals surface area contributed by atoms with Crippen LogP contribution in [0.2, 0.25) is 0 Å². The summed E-state index contributed by atoms with van der Waals surface area (Å²) in [6, 6.07) is 13.7. The third kappa shape index (κ3) is 4.81. The zero-order valence-electron chi connectivity index (χ0n) is 22.1. The molecule has 3 aromatic rings. The van der Waals surface area contributed by atoms with Crippen molar-refractivity contribution in [3.05, 3.63) is 59.5 Å². The molecule has 8 nitrogen and oxygen atoms in total. The van der Waals surface area contributed by atoms with Gasteiger partial charge in [0.05, 0.1) is 29.7 Å². The first-order chi connectivity index (χ1) is 18.5. The van der Waals surface area contributed by atoms with Crippen molar-refractivity contribution in [2.75, 3.05) is 24.5 Å². The van der Waals surface area contributed by atoms with Crippen molar-refractivity contribution in [2.45, 2.75) is 70.6 Å². The summed E-state index contributed by atoms with van der Waals surface area (Å²) >= 11 is 0. The maximum Gasteiger partial charge on any atom is 0.227 e. The Labute approximate surface area is 222 Å². The number of rotatable bonds is 7. The highest BCUT2D eigenvalue weighted by atomic mass is 19.1. The van der Waals surface area contributed by atoms with Gasteiger partial charge in [-0.15, -0.1) is 5.11 Å². The van der Waals surface area contributed by atoms with Crippen LogP contribution in [0, 0.1) is 5.82 Å². The number of amides is 1. The molecule has 2 aromatic carbocycles. The van der Waals surface area contributed by atoms with Crippen LogP contribution >= 0.6 is 0 Å². The van der Waals surface area contributed by atoms with Crippen molar-refractivity contribution in [1.82, 2.24) is 14.7 Å². The number of fused-ring (bicyclic) bond motifs is 1. The molecule has 1 saturated heterocycles. The molecule has 0 N–H and O–H groups in total. The predicted octanol–water partition coefficient (Wildman–Crippen LogP) is 5.32. The van der Waals surface area contributed by atoms with Crippen LogP contribution in [0.3, 0.4) is 0 Å². The van der Waals surface area contributed by atoms with E-state index in [1.54, 1.807) is 6.92 Å². The number of aromatic nitrogens is 2. The topological polar surface area (TPSA) is 78.5 Å². The fourth-order valence-electron chi connectivity index (χ4n) is 5.82. The van der Waals surface area contributed by atoms with E-state index in [0.717, 1.165) is 29.9 Å². The second kappa shape index (κ2) is 10.3. The summed E-state index contributed by atoms with van der Waals surface area (Å²) in [6.07, 6.45) is 4.99. The molecule has 198 valence electrons. The number of piperazine rings is 1. The summed E-state index contributed by atoms with van der Waals surface area (Å²) in [5, 5.41) is 14.3. The maximum atomic E-state index is 13.6. The van der Waals surface area contributed by atoms with Crippen LogP contribution in [-0.4, -0.2) is 58.3 Å². The number of aryl methyl sites for hydroxylation is 1. The van der Waals surface area contributed by atoms with Gasteiger partial charge >= 0.3 is 0 Å². The number of azo groups is 1. The molecule has 3 aliphatic rings. The highest BCUT2D eigenvalue weighted by Crippen LogP contribution is 2.36. The van der Waals surface area contributed by atoms with Crippen molar-refractivity contribution in [3.63, 3.8) is 0 Å². The standard InChI is InChI=1S/C29H34FN7O/c1-3-26-25-12-11-23(16-27(25)37(34-26)22-5-4-6-22)35-13-14-36(29(38)17-28-31-19(2)32-33-28)24(18-35)15-20-7-9-21(30)10-8-20/h7-12,16,22,24,28H,3-6,13-15,17-18H2,1-2H3/t24-,28?/m0/s1. The molecule has 6 rings (SSSR count). The minimum atomic E-state index is -0.436.